The number of hydrogen-bond donors (Lipinski definition) is 2. The Morgan fingerprint density at radius 3 is 2.72 bits per heavy atom. The van der Waals surface area contributed by atoms with Gasteiger partial charge in [-0.25, -0.2) is 0 Å². The number of primary amides is 1. The van der Waals surface area contributed by atoms with E-state index in [1.165, 1.54) is 0 Å². The van der Waals surface area contributed by atoms with E-state index in [0.717, 1.165) is 32.6 Å². The molecule has 1 amide bonds. The number of hydrogen-bond acceptors (Lipinski definition) is 4. The third-order valence-corrected chi connectivity index (χ3v) is 3.58. The molecule has 0 aromatic rings. The zero-order valence-corrected chi connectivity index (χ0v) is 12.4. The normalized spacial score (nSPS) is 24.9. The predicted octanol–water partition coefficient (Wildman–Crippen LogP) is 0.230. The van der Waals surface area contributed by atoms with Gasteiger partial charge in [0.1, 0.15) is 0 Å². The summed E-state index contributed by atoms with van der Waals surface area (Å²) in [5.41, 5.74) is 5.62. The highest BCUT2D eigenvalue weighted by Crippen LogP contribution is 2.26. The van der Waals surface area contributed by atoms with Crippen molar-refractivity contribution < 1.29 is 9.53 Å². The van der Waals surface area contributed by atoms with Crippen LogP contribution in [0.15, 0.2) is 0 Å². The van der Waals surface area contributed by atoms with Gasteiger partial charge in [0.2, 0.25) is 5.91 Å². The van der Waals surface area contributed by atoms with Gasteiger partial charge < -0.3 is 15.8 Å². The lowest BCUT2D eigenvalue weighted by atomic mass is 9.88. The molecule has 0 aromatic heterocycles. The minimum Gasteiger partial charge on any atom is -0.383 e. The Hall–Kier alpha value is -0.360. The van der Waals surface area contributed by atoms with Gasteiger partial charge in [-0.1, -0.05) is 6.92 Å². The van der Waals surface area contributed by atoms with E-state index in [2.05, 4.69) is 17.1 Å². The van der Waals surface area contributed by atoms with Gasteiger partial charge in [-0.05, 0) is 25.3 Å². The van der Waals surface area contributed by atoms with E-state index in [1.54, 1.807) is 7.11 Å². The molecule has 0 saturated carbocycles. The summed E-state index contributed by atoms with van der Waals surface area (Å²) in [5, 5.41) is 3.37. The fourth-order valence-electron chi connectivity index (χ4n) is 2.29. The molecule has 2 atom stereocenters. The van der Waals surface area contributed by atoms with Crippen molar-refractivity contribution in [1.29, 1.82) is 0 Å². The number of halogens is 1. The Morgan fingerprint density at radius 1 is 1.61 bits per heavy atom. The van der Waals surface area contributed by atoms with E-state index in [0.29, 0.717) is 6.61 Å². The number of carbonyl (C=O) groups excluding carboxylic acids is 1. The van der Waals surface area contributed by atoms with Crippen LogP contribution in [0.25, 0.3) is 0 Å². The Bertz CT molecular complexity index is 258. The molecular weight excluding hydrogens is 254 g/mol. The maximum atomic E-state index is 11.3. The van der Waals surface area contributed by atoms with Crippen molar-refractivity contribution in [2.45, 2.75) is 26.3 Å². The van der Waals surface area contributed by atoms with E-state index in [4.69, 9.17) is 10.5 Å². The third kappa shape index (κ3) is 5.10. The van der Waals surface area contributed by atoms with Crippen LogP contribution in [0.3, 0.4) is 0 Å². The van der Waals surface area contributed by atoms with Gasteiger partial charge in [-0.2, -0.15) is 0 Å². The summed E-state index contributed by atoms with van der Waals surface area (Å²) in [6.07, 6.45) is 1.14. The molecule has 6 heteroatoms. The Morgan fingerprint density at radius 2 is 2.28 bits per heavy atom. The highest BCUT2D eigenvalue weighted by atomic mass is 35.5. The monoisotopic (exact) mass is 279 g/mol. The molecule has 1 heterocycles. The molecule has 0 radical (unpaired) electrons. The highest BCUT2D eigenvalue weighted by Gasteiger charge is 2.33. The quantitative estimate of drug-likeness (QED) is 0.700. The van der Waals surface area contributed by atoms with Crippen LogP contribution < -0.4 is 11.1 Å². The molecule has 1 aliphatic heterocycles. The molecule has 2 unspecified atom stereocenters. The van der Waals surface area contributed by atoms with Gasteiger partial charge in [0.05, 0.1) is 12.6 Å². The van der Waals surface area contributed by atoms with Crippen LogP contribution in [0.2, 0.25) is 0 Å². The third-order valence-electron chi connectivity index (χ3n) is 3.58. The second-order valence-corrected chi connectivity index (χ2v) is 5.28. The Kier molecular flexibility index (Phi) is 7.78. The van der Waals surface area contributed by atoms with Crippen LogP contribution in [-0.4, -0.2) is 56.7 Å². The molecule has 1 fully saturated rings. The van der Waals surface area contributed by atoms with Crippen LogP contribution >= 0.6 is 12.4 Å². The molecule has 3 N–H and O–H groups in total. The molecule has 0 bridgehead atoms. The maximum Gasteiger partial charge on any atom is 0.234 e. The number of methoxy groups -OCH3 is 1. The number of nitrogens with two attached hydrogens (primary N) is 1. The summed E-state index contributed by atoms with van der Waals surface area (Å²) in [4.78, 5) is 13.4. The lowest BCUT2D eigenvalue weighted by molar-refractivity contribution is -0.123. The van der Waals surface area contributed by atoms with Gasteiger partial charge in [0.15, 0.2) is 0 Å². The minimum absolute atomic E-state index is 0. The largest absolute Gasteiger partial charge is 0.383 e. The van der Waals surface area contributed by atoms with Crippen molar-refractivity contribution >= 4 is 18.3 Å². The molecule has 1 saturated heterocycles. The van der Waals surface area contributed by atoms with Crippen molar-refractivity contribution in [3.63, 3.8) is 0 Å². The fourth-order valence-corrected chi connectivity index (χ4v) is 2.29. The Balaban J connectivity index is 0.00000289. The summed E-state index contributed by atoms with van der Waals surface area (Å²) >= 11 is 0. The smallest absolute Gasteiger partial charge is 0.234 e. The average Bonchev–Trinajstić information content (AvgIpc) is 2.70. The summed E-state index contributed by atoms with van der Waals surface area (Å²) in [7, 11) is 1.67. The van der Waals surface area contributed by atoms with Gasteiger partial charge >= 0.3 is 0 Å². The van der Waals surface area contributed by atoms with Crippen molar-refractivity contribution in [1.82, 2.24) is 10.2 Å². The molecule has 108 valence electrons. The standard InChI is InChI=1S/C12H25N3O2.ClH/c1-10(11(13)16)15(6-7-17-3)9-12(2)4-5-14-8-12;/h10,14H,4-9H2,1-3H3,(H2,13,16);1H. The summed E-state index contributed by atoms with van der Waals surface area (Å²) in [6.45, 7) is 8.43. The van der Waals surface area contributed by atoms with E-state index in [-0.39, 0.29) is 29.8 Å². The molecule has 1 aliphatic rings. The molecule has 1 rings (SSSR count). The minimum atomic E-state index is -0.268. The van der Waals surface area contributed by atoms with Crippen molar-refractivity contribution in [3.8, 4) is 0 Å². The first-order valence-electron chi connectivity index (χ1n) is 6.21. The van der Waals surface area contributed by atoms with Crippen LogP contribution in [0.4, 0.5) is 0 Å². The van der Waals surface area contributed by atoms with Gasteiger partial charge in [0, 0.05) is 26.7 Å². The number of nitrogens with one attached hydrogen (secondary N) is 1. The van der Waals surface area contributed by atoms with Gasteiger partial charge in [-0.15, -0.1) is 12.4 Å². The molecule has 0 spiro atoms. The lowest BCUT2D eigenvalue weighted by Gasteiger charge is -2.34. The van der Waals surface area contributed by atoms with Crippen molar-refractivity contribution in [2.75, 3.05) is 39.9 Å². The van der Waals surface area contributed by atoms with E-state index in [1.807, 2.05) is 6.92 Å². The van der Waals surface area contributed by atoms with Crippen LogP contribution in [0.5, 0.6) is 0 Å². The summed E-state index contributed by atoms with van der Waals surface area (Å²) in [5.74, 6) is -0.268. The zero-order valence-electron chi connectivity index (χ0n) is 11.6. The fraction of sp³-hybridized carbons (Fsp3) is 0.917. The Labute approximate surface area is 116 Å². The van der Waals surface area contributed by atoms with Crippen molar-refractivity contribution in [2.24, 2.45) is 11.1 Å². The van der Waals surface area contributed by atoms with Crippen molar-refractivity contribution in [3.05, 3.63) is 0 Å². The second kappa shape index (κ2) is 7.94. The summed E-state index contributed by atoms with van der Waals surface area (Å²) < 4.78 is 5.09. The number of rotatable bonds is 7. The SMILES string of the molecule is COCCN(CC1(C)CCNC1)C(C)C(N)=O.Cl. The highest BCUT2D eigenvalue weighted by molar-refractivity contribution is 5.85. The zero-order chi connectivity index (χ0) is 12.9. The van der Waals surface area contributed by atoms with Crippen LogP contribution in [-0.2, 0) is 9.53 Å². The second-order valence-electron chi connectivity index (χ2n) is 5.28. The van der Waals surface area contributed by atoms with E-state index < -0.39 is 0 Å². The van der Waals surface area contributed by atoms with E-state index >= 15 is 0 Å². The maximum absolute atomic E-state index is 11.3. The van der Waals surface area contributed by atoms with Gasteiger partial charge in [0.25, 0.3) is 0 Å². The summed E-state index contributed by atoms with van der Waals surface area (Å²) in [6, 6.07) is -0.234. The van der Waals surface area contributed by atoms with Crippen LogP contribution in [0.1, 0.15) is 20.3 Å². The first-order chi connectivity index (χ1) is 7.98. The number of ether oxygens (including phenoxy) is 1. The molecule has 0 aliphatic carbocycles. The van der Waals surface area contributed by atoms with E-state index in [9.17, 15) is 4.79 Å². The van der Waals surface area contributed by atoms with Gasteiger partial charge in [-0.3, -0.25) is 9.69 Å². The number of amides is 1. The lowest BCUT2D eigenvalue weighted by Crippen LogP contribution is -2.49. The molecular formula is C12H26ClN3O2. The molecule has 0 aromatic carbocycles. The number of carbonyl (C=O) groups is 1. The number of nitrogens with zero attached hydrogens (tertiary/aromatic N) is 1. The molecule has 5 nitrogen and oxygen atoms in total. The van der Waals surface area contributed by atoms with Crippen LogP contribution in [0, 0.1) is 5.41 Å². The topological polar surface area (TPSA) is 67.6 Å². The average molecular weight is 280 g/mol. The first kappa shape index (κ1) is 17.6. The predicted molar refractivity (Wildman–Crippen MR) is 74.9 cm³/mol. The first-order valence-corrected chi connectivity index (χ1v) is 6.21. The molecule has 18 heavy (non-hydrogen) atoms.